The summed E-state index contributed by atoms with van der Waals surface area (Å²) in [5.74, 6) is -2.98. The van der Waals surface area contributed by atoms with E-state index in [9.17, 15) is 19.2 Å². The van der Waals surface area contributed by atoms with Crippen LogP contribution in [0.1, 0.15) is 64.0 Å². The fourth-order valence-corrected chi connectivity index (χ4v) is 3.57. The first-order valence-corrected chi connectivity index (χ1v) is 12.8. The van der Waals surface area contributed by atoms with Crippen molar-refractivity contribution in [3.63, 3.8) is 0 Å². The summed E-state index contributed by atoms with van der Waals surface area (Å²) >= 11 is 0. The lowest BCUT2D eigenvalue weighted by Gasteiger charge is -2.25. The number of nitrogens with one attached hydrogen (secondary N) is 3. The summed E-state index contributed by atoms with van der Waals surface area (Å²) < 4.78 is 17.7. The SMILES string of the molecule is CC(C)(C)OC(=O)CC(NC(=O)Cc1ccc(OC(=O)c2cnc(NC(=N)N)nc2)c2nccn12)C(=O)OC(C)(C)C. The molecule has 1 unspecified atom stereocenters. The molecule has 15 nitrogen and oxygen atoms in total. The normalized spacial score (nSPS) is 12.2. The van der Waals surface area contributed by atoms with E-state index in [2.05, 4.69) is 25.6 Å². The number of pyridine rings is 1. The van der Waals surface area contributed by atoms with E-state index in [-0.39, 0.29) is 35.3 Å². The molecule has 3 rings (SSSR count). The fourth-order valence-electron chi connectivity index (χ4n) is 3.57. The van der Waals surface area contributed by atoms with E-state index < -0.39 is 47.5 Å². The zero-order chi connectivity index (χ0) is 31.2. The highest BCUT2D eigenvalue weighted by Gasteiger charge is 2.31. The Balaban J connectivity index is 1.74. The molecule has 3 aromatic rings. The van der Waals surface area contributed by atoms with Crippen molar-refractivity contribution < 1.29 is 33.4 Å². The lowest BCUT2D eigenvalue weighted by molar-refractivity contribution is -0.165. The molecule has 1 amide bonds. The van der Waals surface area contributed by atoms with Crippen LogP contribution in [0.25, 0.3) is 5.65 Å². The maximum absolute atomic E-state index is 13.0. The van der Waals surface area contributed by atoms with Crippen LogP contribution in [0, 0.1) is 5.41 Å². The van der Waals surface area contributed by atoms with Crippen molar-refractivity contribution in [1.29, 1.82) is 5.41 Å². The summed E-state index contributed by atoms with van der Waals surface area (Å²) in [5.41, 5.74) is 4.36. The van der Waals surface area contributed by atoms with Crippen molar-refractivity contribution >= 4 is 41.4 Å². The Bertz CT molecular complexity index is 1490. The van der Waals surface area contributed by atoms with Gasteiger partial charge in [-0.05, 0) is 53.7 Å². The van der Waals surface area contributed by atoms with Crippen LogP contribution >= 0.6 is 0 Å². The predicted molar refractivity (Wildman–Crippen MR) is 150 cm³/mol. The lowest BCUT2D eigenvalue weighted by Crippen LogP contribution is -2.46. The summed E-state index contributed by atoms with van der Waals surface area (Å²) in [4.78, 5) is 63.0. The van der Waals surface area contributed by atoms with Gasteiger partial charge >= 0.3 is 17.9 Å². The van der Waals surface area contributed by atoms with E-state index in [1.165, 1.54) is 24.7 Å². The first kappa shape index (κ1) is 31.4. The molecule has 0 saturated heterocycles. The Morgan fingerprint density at radius 2 is 1.64 bits per heavy atom. The van der Waals surface area contributed by atoms with Gasteiger partial charge in [-0.15, -0.1) is 0 Å². The average molecular weight is 583 g/mol. The first-order chi connectivity index (χ1) is 19.5. The van der Waals surface area contributed by atoms with Crippen molar-refractivity contribution in [2.24, 2.45) is 5.73 Å². The maximum atomic E-state index is 13.0. The van der Waals surface area contributed by atoms with Gasteiger partial charge in [0.15, 0.2) is 17.4 Å². The van der Waals surface area contributed by atoms with Crippen LogP contribution in [0.5, 0.6) is 5.75 Å². The first-order valence-electron chi connectivity index (χ1n) is 12.8. The van der Waals surface area contributed by atoms with Crippen LogP contribution in [-0.4, -0.2) is 66.4 Å². The molecule has 5 N–H and O–H groups in total. The molecule has 3 aromatic heterocycles. The van der Waals surface area contributed by atoms with Crippen LogP contribution in [0.2, 0.25) is 0 Å². The van der Waals surface area contributed by atoms with Crippen molar-refractivity contribution in [3.8, 4) is 5.75 Å². The Labute approximate surface area is 241 Å². The number of amides is 1. The number of rotatable bonds is 9. The molecule has 0 aromatic carbocycles. The van der Waals surface area contributed by atoms with Gasteiger partial charge in [-0.1, -0.05) is 0 Å². The number of fused-ring (bicyclic) bond motifs is 1. The zero-order valence-corrected chi connectivity index (χ0v) is 24.2. The van der Waals surface area contributed by atoms with Crippen molar-refractivity contribution in [2.75, 3.05) is 5.32 Å². The second-order valence-electron chi connectivity index (χ2n) is 11.2. The molecule has 0 radical (unpaired) electrons. The molecule has 0 fully saturated rings. The largest absolute Gasteiger partial charge is 0.460 e. The predicted octanol–water partition coefficient (Wildman–Crippen LogP) is 1.75. The van der Waals surface area contributed by atoms with E-state index in [0.717, 1.165) is 0 Å². The zero-order valence-electron chi connectivity index (χ0n) is 24.2. The maximum Gasteiger partial charge on any atom is 0.346 e. The number of hydrogen-bond donors (Lipinski definition) is 4. The highest BCUT2D eigenvalue weighted by Crippen LogP contribution is 2.22. The molecule has 42 heavy (non-hydrogen) atoms. The van der Waals surface area contributed by atoms with Gasteiger partial charge in [0.1, 0.15) is 17.2 Å². The number of aromatic nitrogens is 4. The number of imidazole rings is 1. The molecular weight excluding hydrogens is 548 g/mol. The fraction of sp³-hybridized carbons (Fsp3) is 0.407. The van der Waals surface area contributed by atoms with Gasteiger partial charge in [0, 0.05) is 30.5 Å². The van der Waals surface area contributed by atoms with E-state index in [4.69, 9.17) is 25.4 Å². The number of hydrogen-bond acceptors (Lipinski definition) is 11. The molecule has 224 valence electrons. The highest BCUT2D eigenvalue weighted by atomic mass is 16.6. The minimum absolute atomic E-state index is 0.0374. The summed E-state index contributed by atoms with van der Waals surface area (Å²) in [6.45, 7) is 10.1. The second kappa shape index (κ2) is 12.6. The molecule has 15 heteroatoms. The standard InChI is InChI=1S/C27H34N8O7/c1-26(2,3)41-20(37)12-17(23(39)42-27(4,5)6)33-19(36)11-16-7-8-18(21-30-9-10-35(16)21)40-22(38)15-13-31-25(32-14-15)34-24(28)29/h7-10,13-14,17H,11-12H2,1-6H3,(H,33,36)(H4,28,29,31,32,34). The van der Waals surface area contributed by atoms with Gasteiger partial charge in [-0.3, -0.25) is 20.3 Å². The molecule has 0 aliphatic carbocycles. The van der Waals surface area contributed by atoms with Gasteiger partial charge in [0.05, 0.1) is 18.4 Å². The quantitative estimate of drug-likeness (QED) is 0.161. The third kappa shape index (κ3) is 9.25. The van der Waals surface area contributed by atoms with Gasteiger partial charge in [-0.2, -0.15) is 0 Å². The third-order valence-corrected chi connectivity index (χ3v) is 5.09. The molecule has 3 heterocycles. The molecule has 0 aliphatic rings. The summed E-state index contributed by atoms with van der Waals surface area (Å²) in [6.07, 6.45) is 4.84. The Morgan fingerprint density at radius 3 is 2.24 bits per heavy atom. The molecular formula is C27H34N8O7. The lowest BCUT2D eigenvalue weighted by atomic mass is 10.1. The van der Waals surface area contributed by atoms with Gasteiger partial charge < -0.3 is 29.7 Å². The monoisotopic (exact) mass is 582 g/mol. The summed E-state index contributed by atoms with van der Waals surface area (Å²) in [5, 5.41) is 12.2. The second-order valence-corrected chi connectivity index (χ2v) is 11.2. The molecule has 0 aliphatic heterocycles. The minimum atomic E-state index is -1.27. The number of esters is 3. The number of guanidine groups is 1. The van der Waals surface area contributed by atoms with Gasteiger partial charge in [0.25, 0.3) is 0 Å². The van der Waals surface area contributed by atoms with Crippen LogP contribution in [0.15, 0.2) is 36.9 Å². The average Bonchev–Trinajstić information content (AvgIpc) is 3.34. The molecule has 0 saturated carbocycles. The van der Waals surface area contributed by atoms with Gasteiger partial charge in [0.2, 0.25) is 11.9 Å². The number of carbonyl (C=O) groups excluding carboxylic acids is 4. The molecule has 0 bridgehead atoms. The highest BCUT2D eigenvalue weighted by molar-refractivity contribution is 5.92. The van der Waals surface area contributed by atoms with E-state index in [1.54, 1.807) is 58.2 Å². The number of nitrogens with two attached hydrogens (primary N) is 1. The smallest absolute Gasteiger partial charge is 0.346 e. The molecule has 0 spiro atoms. The number of nitrogens with zero attached hydrogens (tertiary/aromatic N) is 4. The van der Waals surface area contributed by atoms with Crippen LogP contribution in [-0.2, 0) is 30.3 Å². The van der Waals surface area contributed by atoms with Crippen molar-refractivity contribution in [3.05, 3.63) is 48.2 Å². The number of ether oxygens (including phenoxy) is 3. The number of carbonyl (C=O) groups is 4. The molecule has 1 atom stereocenters. The van der Waals surface area contributed by atoms with Crippen LogP contribution < -0.4 is 21.1 Å². The Kier molecular flexibility index (Phi) is 9.45. The van der Waals surface area contributed by atoms with Crippen molar-refractivity contribution in [1.82, 2.24) is 24.7 Å². The van der Waals surface area contributed by atoms with Crippen LogP contribution in [0.4, 0.5) is 5.95 Å². The van der Waals surface area contributed by atoms with Crippen molar-refractivity contribution in [2.45, 2.75) is 71.6 Å². The summed E-state index contributed by atoms with van der Waals surface area (Å²) in [6, 6.07) is 1.76. The van der Waals surface area contributed by atoms with E-state index in [0.29, 0.717) is 5.69 Å². The van der Waals surface area contributed by atoms with E-state index in [1.807, 2.05) is 0 Å². The summed E-state index contributed by atoms with van der Waals surface area (Å²) in [7, 11) is 0. The van der Waals surface area contributed by atoms with Gasteiger partial charge in [-0.25, -0.2) is 24.5 Å². The number of anilines is 1. The Morgan fingerprint density at radius 1 is 1.00 bits per heavy atom. The minimum Gasteiger partial charge on any atom is -0.460 e. The topological polar surface area (TPSA) is 213 Å². The van der Waals surface area contributed by atoms with E-state index >= 15 is 0 Å². The Hall–Kier alpha value is -5.08. The van der Waals surface area contributed by atoms with Crippen LogP contribution in [0.3, 0.4) is 0 Å². The third-order valence-electron chi connectivity index (χ3n) is 5.09.